The van der Waals surface area contributed by atoms with Crippen molar-refractivity contribution in [3.05, 3.63) is 35.2 Å². The molecule has 2 atom stereocenters. The van der Waals surface area contributed by atoms with Crippen molar-refractivity contribution in [1.82, 2.24) is 5.32 Å². The van der Waals surface area contributed by atoms with Gasteiger partial charge in [-0.15, -0.1) is 0 Å². The number of fused-ring (bicyclic) bond motifs is 2. The molecule has 0 radical (unpaired) electrons. The number of aliphatic carboxylic acids is 1. The number of carbonyl (C=O) groups is 1. The average molecular weight is 230 g/mol. The molecule has 2 unspecified atom stereocenters. The number of hydrogen-bond acceptors (Lipinski definition) is 3. The van der Waals surface area contributed by atoms with Gasteiger partial charge in [-0.1, -0.05) is 0 Å². The van der Waals surface area contributed by atoms with Gasteiger partial charge < -0.3 is 10.4 Å². The number of hydrogen-bond donors (Lipinski definition) is 2. The van der Waals surface area contributed by atoms with Crippen LogP contribution >= 0.6 is 0 Å². The molecule has 1 aliphatic carbocycles. The molecule has 88 valence electrons. The summed E-state index contributed by atoms with van der Waals surface area (Å²) in [5.41, 5.74) is 2.72. The molecule has 17 heavy (non-hydrogen) atoms. The van der Waals surface area contributed by atoms with Crippen LogP contribution in [0.25, 0.3) is 0 Å². The molecule has 4 nitrogen and oxygen atoms in total. The highest BCUT2D eigenvalue weighted by Gasteiger charge is 2.34. The highest BCUT2D eigenvalue weighted by Crippen LogP contribution is 2.40. The Labute approximate surface area is 99.4 Å². The minimum Gasteiger partial charge on any atom is -0.478 e. The summed E-state index contributed by atoms with van der Waals surface area (Å²) in [7, 11) is 0. The first-order valence-corrected chi connectivity index (χ1v) is 5.88. The van der Waals surface area contributed by atoms with Crippen molar-refractivity contribution in [2.24, 2.45) is 16.8 Å². The number of nitrogens with zero attached hydrogens (tertiary/aromatic N) is 1. The van der Waals surface area contributed by atoms with E-state index in [1.54, 1.807) is 6.21 Å². The van der Waals surface area contributed by atoms with Gasteiger partial charge in [-0.05, 0) is 30.6 Å². The zero-order valence-electron chi connectivity index (χ0n) is 9.39. The van der Waals surface area contributed by atoms with Gasteiger partial charge in [0.1, 0.15) is 0 Å². The van der Waals surface area contributed by atoms with Crippen LogP contribution in [0.15, 0.2) is 40.2 Å². The second-order valence-corrected chi connectivity index (χ2v) is 4.65. The average Bonchev–Trinajstić information content (AvgIpc) is 2.64. The summed E-state index contributed by atoms with van der Waals surface area (Å²) in [6.45, 7) is 0.997. The summed E-state index contributed by atoms with van der Waals surface area (Å²) in [4.78, 5) is 15.2. The molecule has 3 rings (SSSR count). The third kappa shape index (κ3) is 1.69. The van der Waals surface area contributed by atoms with Gasteiger partial charge in [0.15, 0.2) is 0 Å². The van der Waals surface area contributed by atoms with Crippen LogP contribution in [-0.2, 0) is 4.79 Å². The first-order chi connectivity index (χ1) is 8.25. The molecule has 0 spiro atoms. The molecule has 2 heterocycles. The molecule has 0 bridgehead atoms. The fourth-order valence-electron chi connectivity index (χ4n) is 2.82. The molecule has 0 saturated carbocycles. The van der Waals surface area contributed by atoms with E-state index in [1.165, 1.54) is 11.9 Å². The van der Waals surface area contributed by atoms with Crippen LogP contribution in [0.4, 0.5) is 0 Å². The second-order valence-electron chi connectivity index (χ2n) is 4.65. The van der Waals surface area contributed by atoms with Crippen LogP contribution < -0.4 is 5.32 Å². The number of carboxylic acids is 1. The third-order valence-corrected chi connectivity index (χ3v) is 3.70. The smallest absolute Gasteiger partial charge is 0.333 e. The zero-order valence-corrected chi connectivity index (χ0v) is 9.39. The Morgan fingerprint density at radius 2 is 2.41 bits per heavy atom. The Morgan fingerprint density at radius 3 is 3.24 bits per heavy atom. The monoisotopic (exact) mass is 230 g/mol. The standard InChI is InChI=1S/C13H14N2O2/c16-13(17)11-7-14-3-1-8-6-12-9(2-4-15-12)5-10(8)11/h1,3,6-7,9-10,15H,2,4-5H2,(H,16,17). The van der Waals surface area contributed by atoms with Crippen molar-refractivity contribution in [3.8, 4) is 0 Å². The first kappa shape index (κ1) is 10.3. The van der Waals surface area contributed by atoms with Gasteiger partial charge in [0.05, 0.1) is 5.57 Å². The number of aliphatic imine (C=N–C) groups is 1. The molecule has 0 amide bonds. The van der Waals surface area contributed by atoms with Crippen LogP contribution in [0.1, 0.15) is 12.8 Å². The van der Waals surface area contributed by atoms with E-state index in [9.17, 15) is 9.90 Å². The van der Waals surface area contributed by atoms with E-state index in [4.69, 9.17) is 0 Å². The fraction of sp³-hybridized carbons (Fsp3) is 0.385. The van der Waals surface area contributed by atoms with E-state index < -0.39 is 5.97 Å². The van der Waals surface area contributed by atoms with Crippen LogP contribution in [0.3, 0.4) is 0 Å². The van der Waals surface area contributed by atoms with E-state index in [0.29, 0.717) is 11.5 Å². The predicted octanol–water partition coefficient (Wildman–Crippen LogP) is 1.48. The maximum atomic E-state index is 11.2. The first-order valence-electron chi connectivity index (χ1n) is 5.88. The molecule has 0 aromatic rings. The van der Waals surface area contributed by atoms with Gasteiger partial charge in [-0.3, -0.25) is 4.99 Å². The molecule has 0 aromatic carbocycles. The van der Waals surface area contributed by atoms with Crippen molar-refractivity contribution in [3.63, 3.8) is 0 Å². The Hall–Kier alpha value is -1.84. The van der Waals surface area contributed by atoms with Gasteiger partial charge in [0.25, 0.3) is 0 Å². The van der Waals surface area contributed by atoms with Crippen molar-refractivity contribution >= 4 is 12.2 Å². The SMILES string of the molecule is O=C(O)C1=CN=CC=C2C=C3NCCC3CC21. The van der Waals surface area contributed by atoms with Crippen LogP contribution in [0.2, 0.25) is 0 Å². The van der Waals surface area contributed by atoms with Crippen molar-refractivity contribution in [2.45, 2.75) is 12.8 Å². The lowest BCUT2D eigenvalue weighted by Gasteiger charge is -2.27. The Morgan fingerprint density at radius 1 is 1.53 bits per heavy atom. The molecule has 0 aromatic heterocycles. The molecule has 2 aliphatic heterocycles. The number of allylic oxidation sites excluding steroid dienone is 4. The van der Waals surface area contributed by atoms with Gasteiger partial charge >= 0.3 is 5.97 Å². The van der Waals surface area contributed by atoms with Gasteiger partial charge in [0, 0.05) is 36.5 Å². The molecule has 1 saturated heterocycles. The maximum Gasteiger partial charge on any atom is 0.333 e. The number of nitrogens with one attached hydrogen (secondary N) is 1. The lowest BCUT2D eigenvalue weighted by atomic mass is 9.77. The Balaban J connectivity index is 2.02. The van der Waals surface area contributed by atoms with E-state index in [2.05, 4.69) is 16.4 Å². The molecule has 4 heteroatoms. The largest absolute Gasteiger partial charge is 0.478 e. The summed E-state index contributed by atoms with van der Waals surface area (Å²) >= 11 is 0. The highest BCUT2D eigenvalue weighted by atomic mass is 16.4. The maximum absolute atomic E-state index is 11.2. The van der Waals surface area contributed by atoms with Crippen LogP contribution in [0.5, 0.6) is 0 Å². The molecule has 3 aliphatic rings. The third-order valence-electron chi connectivity index (χ3n) is 3.70. The summed E-state index contributed by atoms with van der Waals surface area (Å²) in [5, 5.41) is 12.6. The molecule has 1 fully saturated rings. The Bertz CT molecular complexity index is 486. The zero-order chi connectivity index (χ0) is 11.8. The quantitative estimate of drug-likeness (QED) is 0.717. The van der Waals surface area contributed by atoms with Crippen LogP contribution in [-0.4, -0.2) is 23.8 Å². The van der Waals surface area contributed by atoms with E-state index in [1.807, 2.05) is 6.08 Å². The van der Waals surface area contributed by atoms with Gasteiger partial charge in [-0.25, -0.2) is 4.79 Å². The highest BCUT2D eigenvalue weighted by molar-refractivity contribution is 5.90. The lowest BCUT2D eigenvalue weighted by molar-refractivity contribution is -0.133. The van der Waals surface area contributed by atoms with Gasteiger partial charge in [-0.2, -0.15) is 0 Å². The topological polar surface area (TPSA) is 61.7 Å². The fourth-order valence-corrected chi connectivity index (χ4v) is 2.82. The molecular weight excluding hydrogens is 216 g/mol. The molecule has 2 N–H and O–H groups in total. The molecular formula is C13H14N2O2. The van der Waals surface area contributed by atoms with Crippen LogP contribution in [0, 0.1) is 11.8 Å². The van der Waals surface area contributed by atoms with E-state index in [0.717, 1.165) is 25.0 Å². The minimum absolute atomic E-state index is 0.0105. The second kappa shape index (κ2) is 3.87. The van der Waals surface area contributed by atoms with Gasteiger partial charge in [0.2, 0.25) is 0 Å². The van der Waals surface area contributed by atoms with Crippen molar-refractivity contribution < 1.29 is 9.90 Å². The lowest BCUT2D eigenvalue weighted by Crippen LogP contribution is -2.23. The van der Waals surface area contributed by atoms with Crippen molar-refractivity contribution in [1.29, 1.82) is 0 Å². The number of rotatable bonds is 1. The van der Waals surface area contributed by atoms with E-state index >= 15 is 0 Å². The summed E-state index contributed by atoms with van der Waals surface area (Å²) < 4.78 is 0. The van der Waals surface area contributed by atoms with E-state index in [-0.39, 0.29) is 5.92 Å². The number of carboxylic acid groups (broad SMARTS) is 1. The summed E-state index contributed by atoms with van der Waals surface area (Å²) in [5.74, 6) is -0.385. The summed E-state index contributed by atoms with van der Waals surface area (Å²) in [6.07, 6.45) is 9.15. The minimum atomic E-state index is -0.859. The van der Waals surface area contributed by atoms with Crippen molar-refractivity contribution in [2.75, 3.05) is 6.54 Å². The normalized spacial score (nSPS) is 30.2. The predicted molar refractivity (Wildman–Crippen MR) is 64.6 cm³/mol. The summed E-state index contributed by atoms with van der Waals surface area (Å²) in [6, 6.07) is 0. The Kier molecular flexibility index (Phi) is 2.35.